The third kappa shape index (κ3) is 2.72. The highest BCUT2D eigenvalue weighted by Crippen LogP contribution is 2.26. The van der Waals surface area contributed by atoms with E-state index >= 15 is 0 Å². The van der Waals surface area contributed by atoms with Gasteiger partial charge in [-0.2, -0.15) is 0 Å². The van der Waals surface area contributed by atoms with E-state index in [1.165, 1.54) is 17.4 Å². The van der Waals surface area contributed by atoms with Gasteiger partial charge >= 0.3 is 0 Å². The second-order valence-electron chi connectivity index (χ2n) is 3.67. The number of carbonyl (C=O) groups is 1. The minimum atomic E-state index is 0.219. The lowest BCUT2D eigenvalue weighted by Gasteiger charge is -2.17. The van der Waals surface area contributed by atoms with Gasteiger partial charge in [0.2, 0.25) is 0 Å². The van der Waals surface area contributed by atoms with E-state index in [2.05, 4.69) is 9.88 Å². The number of nitrogens with zero attached hydrogens (tertiary/aromatic N) is 2. The summed E-state index contributed by atoms with van der Waals surface area (Å²) in [6.07, 6.45) is 4.70. The fourth-order valence-corrected chi connectivity index (χ4v) is 2.80. The molecule has 0 aliphatic carbocycles. The number of hydrogen-bond donors (Lipinski definition) is 0. The molecular formula is C11H14N2OS. The first kappa shape index (κ1) is 10.5. The molecule has 15 heavy (non-hydrogen) atoms. The van der Waals surface area contributed by atoms with Crippen molar-refractivity contribution in [2.75, 3.05) is 18.0 Å². The van der Waals surface area contributed by atoms with Gasteiger partial charge in [0.1, 0.15) is 0 Å². The first-order valence-electron chi connectivity index (χ1n) is 5.08. The summed E-state index contributed by atoms with van der Waals surface area (Å²) in [7, 11) is 0. The summed E-state index contributed by atoms with van der Waals surface area (Å²) in [6, 6.07) is 4.03. The van der Waals surface area contributed by atoms with Gasteiger partial charge in [-0.1, -0.05) is 11.8 Å². The van der Waals surface area contributed by atoms with E-state index < -0.39 is 0 Å². The van der Waals surface area contributed by atoms with E-state index in [1.54, 1.807) is 19.3 Å². The maximum absolute atomic E-state index is 11.0. The van der Waals surface area contributed by atoms with Crippen LogP contribution >= 0.6 is 11.8 Å². The van der Waals surface area contributed by atoms with Gasteiger partial charge in [0.25, 0.3) is 0 Å². The van der Waals surface area contributed by atoms with Gasteiger partial charge in [-0.25, -0.2) is 0 Å². The van der Waals surface area contributed by atoms with Gasteiger partial charge in [0.15, 0.2) is 5.12 Å². The first-order chi connectivity index (χ1) is 7.25. The zero-order chi connectivity index (χ0) is 10.7. The first-order valence-corrected chi connectivity index (χ1v) is 5.96. The molecule has 1 aromatic heterocycles. The van der Waals surface area contributed by atoms with Crippen molar-refractivity contribution in [1.29, 1.82) is 0 Å². The van der Waals surface area contributed by atoms with Crippen molar-refractivity contribution in [3.8, 4) is 0 Å². The topological polar surface area (TPSA) is 33.2 Å². The van der Waals surface area contributed by atoms with Crippen molar-refractivity contribution in [2.24, 2.45) is 0 Å². The molecule has 0 N–H and O–H groups in total. The van der Waals surface area contributed by atoms with Crippen LogP contribution in [0.1, 0.15) is 13.3 Å². The summed E-state index contributed by atoms with van der Waals surface area (Å²) >= 11 is 1.46. The predicted octanol–water partition coefficient (Wildman–Crippen LogP) is 1.94. The molecule has 80 valence electrons. The Labute approximate surface area is 93.9 Å². The highest BCUT2D eigenvalue weighted by Gasteiger charge is 2.24. The Balaban J connectivity index is 1.96. The molecule has 0 aromatic carbocycles. The number of aromatic nitrogens is 1. The molecule has 0 amide bonds. The Morgan fingerprint density at radius 2 is 2.27 bits per heavy atom. The van der Waals surface area contributed by atoms with Crippen molar-refractivity contribution < 1.29 is 4.79 Å². The summed E-state index contributed by atoms with van der Waals surface area (Å²) in [5, 5.41) is 0.673. The summed E-state index contributed by atoms with van der Waals surface area (Å²) in [6.45, 7) is 3.64. The smallest absolute Gasteiger partial charge is 0.186 e. The average Bonchev–Trinajstić information content (AvgIpc) is 2.67. The van der Waals surface area contributed by atoms with Gasteiger partial charge in [-0.05, 0) is 18.6 Å². The Kier molecular flexibility index (Phi) is 3.26. The quantitative estimate of drug-likeness (QED) is 0.765. The van der Waals surface area contributed by atoms with Crippen molar-refractivity contribution >= 4 is 22.6 Å². The summed E-state index contributed by atoms with van der Waals surface area (Å²) in [4.78, 5) is 17.3. The minimum absolute atomic E-state index is 0.219. The summed E-state index contributed by atoms with van der Waals surface area (Å²) in [5.41, 5.74) is 1.21. The largest absolute Gasteiger partial charge is 0.370 e. The van der Waals surface area contributed by atoms with Gasteiger partial charge in [-0.3, -0.25) is 9.78 Å². The molecule has 1 saturated heterocycles. The number of hydrogen-bond acceptors (Lipinski definition) is 4. The van der Waals surface area contributed by atoms with Crippen LogP contribution in [0.4, 0.5) is 5.69 Å². The van der Waals surface area contributed by atoms with E-state index in [1.807, 2.05) is 12.1 Å². The van der Waals surface area contributed by atoms with Crippen molar-refractivity contribution in [3.05, 3.63) is 24.5 Å². The SMILES string of the molecule is CC(=O)S[C@H]1CCN(c2ccncc2)C1. The predicted molar refractivity (Wildman–Crippen MR) is 63.1 cm³/mol. The highest BCUT2D eigenvalue weighted by molar-refractivity contribution is 8.14. The maximum atomic E-state index is 11.0. The molecule has 1 aromatic rings. The van der Waals surface area contributed by atoms with Crippen LogP contribution in [-0.2, 0) is 4.79 Å². The van der Waals surface area contributed by atoms with Crippen molar-refractivity contribution in [2.45, 2.75) is 18.6 Å². The Morgan fingerprint density at radius 1 is 1.53 bits per heavy atom. The molecule has 0 bridgehead atoms. The third-order valence-corrected chi connectivity index (χ3v) is 3.56. The second-order valence-corrected chi connectivity index (χ2v) is 5.15. The van der Waals surface area contributed by atoms with Crippen LogP contribution in [0.3, 0.4) is 0 Å². The number of carbonyl (C=O) groups excluding carboxylic acids is 1. The molecule has 1 aliphatic rings. The molecule has 0 unspecified atom stereocenters. The Morgan fingerprint density at radius 3 is 2.93 bits per heavy atom. The van der Waals surface area contributed by atoms with E-state index in [9.17, 15) is 4.79 Å². The number of thioether (sulfide) groups is 1. The van der Waals surface area contributed by atoms with E-state index in [-0.39, 0.29) is 5.12 Å². The summed E-state index contributed by atoms with van der Waals surface area (Å²) < 4.78 is 0. The lowest BCUT2D eigenvalue weighted by atomic mass is 10.4. The van der Waals surface area contributed by atoms with Crippen molar-refractivity contribution in [3.63, 3.8) is 0 Å². The molecule has 1 atom stereocenters. The molecule has 4 heteroatoms. The van der Waals surface area contributed by atoms with E-state index in [0.717, 1.165) is 19.5 Å². The fraction of sp³-hybridized carbons (Fsp3) is 0.455. The standard InChI is InChI=1S/C11H14N2OS/c1-9(14)15-11-4-7-13(8-11)10-2-5-12-6-3-10/h2-3,5-6,11H,4,7-8H2,1H3/t11-/m0/s1. The molecule has 0 radical (unpaired) electrons. The summed E-state index contributed by atoms with van der Waals surface area (Å²) in [5.74, 6) is 0. The highest BCUT2D eigenvalue weighted by atomic mass is 32.2. The molecule has 2 rings (SSSR count). The van der Waals surface area contributed by atoms with Crippen LogP contribution in [0.2, 0.25) is 0 Å². The maximum Gasteiger partial charge on any atom is 0.186 e. The van der Waals surface area contributed by atoms with Crippen LogP contribution in [0.5, 0.6) is 0 Å². The zero-order valence-electron chi connectivity index (χ0n) is 8.72. The average molecular weight is 222 g/mol. The van der Waals surface area contributed by atoms with E-state index in [4.69, 9.17) is 0 Å². The lowest BCUT2D eigenvalue weighted by molar-refractivity contribution is -0.109. The van der Waals surface area contributed by atoms with Gasteiger partial charge in [0.05, 0.1) is 0 Å². The normalized spacial score (nSPS) is 20.6. The lowest BCUT2D eigenvalue weighted by Crippen LogP contribution is -2.20. The van der Waals surface area contributed by atoms with E-state index in [0.29, 0.717) is 5.25 Å². The Bertz CT molecular complexity index is 342. The van der Waals surface area contributed by atoms with Crippen molar-refractivity contribution in [1.82, 2.24) is 4.98 Å². The Hall–Kier alpha value is -1.03. The van der Waals surface area contributed by atoms with Gasteiger partial charge in [0, 0.05) is 43.3 Å². The number of rotatable bonds is 2. The molecular weight excluding hydrogens is 208 g/mol. The number of pyridine rings is 1. The molecule has 1 fully saturated rings. The molecule has 0 saturated carbocycles. The van der Waals surface area contributed by atoms with Gasteiger partial charge < -0.3 is 4.90 Å². The number of anilines is 1. The molecule has 3 nitrogen and oxygen atoms in total. The van der Waals surface area contributed by atoms with Crippen LogP contribution in [0.25, 0.3) is 0 Å². The monoisotopic (exact) mass is 222 g/mol. The van der Waals surface area contributed by atoms with Crippen LogP contribution in [-0.4, -0.2) is 28.4 Å². The minimum Gasteiger partial charge on any atom is -0.370 e. The molecule has 2 heterocycles. The van der Waals surface area contributed by atoms with Gasteiger partial charge in [-0.15, -0.1) is 0 Å². The van der Waals surface area contributed by atoms with Crippen LogP contribution in [0, 0.1) is 0 Å². The van der Waals surface area contributed by atoms with Crippen LogP contribution < -0.4 is 4.90 Å². The molecule has 0 spiro atoms. The zero-order valence-corrected chi connectivity index (χ0v) is 9.54. The van der Waals surface area contributed by atoms with Crippen LogP contribution in [0.15, 0.2) is 24.5 Å². The third-order valence-electron chi connectivity index (χ3n) is 2.51. The fourth-order valence-electron chi connectivity index (χ4n) is 1.85. The molecule has 1 aliphatic heterocycles. The second kappa shape index (κ2) is 4.66.